The van der Waals surface area contributed by atoms with E-state index >= 15 is 0 Å². The van der Waals surface area contributed by atoms with Gasteiger partial charge in [-0.05, 0) is 42.6 Å². The Labute approximate surface area is 151 Å². The van der Waals surface area contributed by atoms with Crippen molar-refractivity contribution in [3.63, 3.8) is 0 Å². The number of carbonyl (C=O) groups excluding carboxylic acids is 1. The summed E-state index contributed by atoms with van der Waals surface area (Å²) in [4.78, 5) is 12.9. The third-order valence-electron chi connectivity index (χ3n) is 5.70. The average Bonchev–Trinajstić information content (AvgIpc) is 2.58. The number of hydrogen-bond donors (Lipinski definition) is 3. The smallest absolute Gasteiger partial charge is 0.252 e. The van der Waals surface area contributed by atoms with Crippen LogP contribution in [0.4, 0.5) is 0 Å². The minimum absolute atomic E-state index is 0.00304. The highest BCUT2D eigenvalue weighted by atomic mass is 16.3. The second-order valence-corrected chi connectivity index (χ2v) is 7.99. The van der Waals surface area contributed by atoms with E-state index in [2.05, 4.69) is 26.1 Å². The first-order chi connectivity index (χ1) is 11.9. The Balaban J connectivity index is 2.08. The van der Waals surface area contributed by atoms with Crippen LogP contribution in [0.2, 0.25) is 0 Å². The van der Waals surface area contributed by atoms with Crippen LogP contribution in [-0.2, 0) is 4.79 Å². The normalized spacial score (nSPS) is 27.9. The Hall–Kier alpha value is -1.39. The van der Waals surface area contributed by atoms with E-state index in [9.17, 15) is 15.0 Å². The van der Waals surface area contributed by atoms with E-state index in [1.54, 1.807) is 0 Å². The van der Waals surface area contributed by atoms with Gasteiger partial charge in [0.25, 0.3) is 5.91 Å². The number of aliphatic hydroxyl groups is 2. The lowest BCUT2D eigenvalue weighted by molar-refractivity contribution is -0.155. The molecule has 0 aromatic heterocycles. The molecule has 1 aliphatic carbocycles. The van der Waals surface area contributed by atoms with Gasteiger partial charge in [-0.15, -0.1) is 0 Å². The fourth-order valence-electron chi connectivity index (χ4n) is 4.27. The van der Waals surface area contributed by atoms with Crippen LogP contribution in [0, 0.1) is 17.8 Å². The van der Waals surface area contributed by atoms with Gasteiger partial charge in [-0.2, -0.15) is 0 Å². The Morgan fingerprint density at radius 1 is 1.28 bits per heavy atom. The SMILES string of the molecule is CC1CCC(C(C)C)[C@@](O)(C(=O)NCC(CCO)c2ccccc2)C1. The average molecular weight is 347 g/mol. The van der Waals surface area contributed by atoms with Gasteiger partial charge < -0.3 is 15.5 Å². The number of hydrogen-bond acceptors (Lipinski definition) is 3. The van der Waals surface area contributed by atoms with Crippen molar-refractivity contribution in [2.75, 3.05) is 13.2 Å². The van der Waals surface area contributed by atoms with E-state index in [0.717, 1.165) is 18.4 Å². The van der Waals surface area contributed by atoms with E-state index in [4.69, 9.17) is 0 Å². The fraction of sp³-hybridized carbons (Fsp3) is 0.667. The lowest BCUT2D eigenvalue weighted by Crippen LogP contribution is -2.56. The van der Waals surface area contributed by atoms with Gasteiger partial charge in [0.2, 0.25) is 0 Å². The van der Waals surface area contributed by atoms with Crippen molar-refractivity contribution >= 4 is 5.91 Å². The third-order valence-corrected chi connectivity index (χ3v) is 5.70. The van der Waals surface area contributed by atoms with Crippen LogP contribution in [0.5, 0.6) is 0 Å². The summed E-state index contributed by atoms with van der Waals surface area (Å²) in [5.74, 6) is 0.421. The summed E-state index contributed by atoms with van der Waals surface area (Å²) in [5, 5.41) is 23.5. The van der Waals surface area contributed by atoms with Crippen LogP contribution in [0.3, 0.4) is 0 Å². The minimum Gasteiger partial charge on any atom is -0.396 e. The lowest BCUT2D eigenvalue weighted by atomic mass is 9.66. The molecule has 4 atom stereocenters. The van der Waals surface area contributed by atoms with Crippen LogP contribution in [0.25, 0.3) is 0 Å². The second kappa shape index (κ2) is 8.81. The molecule has 0 radical (unpaired) electrons. The van der Waals surface area contributed by atoms with Gasteiger partial charge in [0, 0.05) is 19.1 Å². The van der Waals surface area contributed by atoms with E-state index < -0.39 is 5.60 Å². The highest BCUT2D eigenvalue weighted by Gasteiger charge is 2.48. The Bertz CT molecular complexity index is 545. The van der Waals surface area contributed by atoms with Crippen molar-refractivity contribution in [1.82, 2.24) is 5.32 Å². The summed E-state index contributed by atoms with van der Waals surface area (Å²) in [5.41, 5.74) is -0.187. The molecule has 0 heterocycles. The van der Waals surface area contributed by atoms with Crippen LogP contribution in [-0.4, -0.2) is 34.9 Å². The third kappa shape index (κ3) is 4.83. The van der Waals surface area contributed by atoms with Crippen molar-refractivity contribution < 1.29 is 15.0 Å². The predicted molar refractivity (Wildman–Crippen MR) is 100 cm³/mol. The number of benzene rings is 1. The highest BCUT2D eigenvalue weighted by Crippen LogP contribution is 2.41. The van der Waals surface area contributed by atoms with E-state index in [0.29, 0.717) is 25.3 Å². The lowest BCUT2D eigenvalue weighted by Gasteiger charge is -2.43. The molecule has 3 N–H and O–H groups in total. The quantitative estimate of drug-likeness (QED) is 0.710. The van der Waals surface area contributed by atoms with Crippen molar-refractivity contribution in [3.8, 4) is 0 Å². The Morgan fingerprint density at radius 2 is 1.96 bits per heavy atom. The molecule has 2 rings (SSSR count). The molecule has 1 amide bonds. The summed E-state index contributed by atoms with van der Waals surface area (Å²) >= 11 is 0. The molecule has 1 fully saturated rings. The zero-order valence-corrected chi connectivity index (χ0v) is 15.7. The molecule has 0 aliphatic heterocycles. The molecule has 3 unspecified atom stereocenters. The van der Waals surface area contributed by atoms with Crippen LogP contribution in [0.1, 0.15) is 57.9 Å². The molecular weight excluding hydrogens is 314 g/mol. The largest absolute Gasteiger partial charge is 0.396 e. The molecule has 4 heteroatoms. The predicted octanol–water partition coefficient (Wildman–Crippen LogP) is 3.09. The maximum Gasteiger partial charge on any atom is 0.252 e. The van der Waals surface area contributed by atoms with Gasteiger partial charge in [0.1, 0.15) is 5.60 Å². The van der Waals surface area contributed by atoms with Crippen molar-refractivity contribution in [2.24, 2.45) is 17.8 Å². The van der Waals surface area contributed by atoms with E-state index in [-0.39, 0.29) is 30.3 Å². The molecule has 0 bridgehead atoms. The zero-order valence-electron chi connectivity index (χ0n) is 15.7. The summed E-state index contributed by atoms with van der Waals surface area (Å²) in [6, 6.07) is 9.92. The monoisotopic (exact) mass is 347 g/mol. The molecule has 0 saturated heterocycles. The van der Waals surface area contributed by atoms with Gasteiger partial charge in [-0.3, -0.25) is 4.79 Å². The standard InChI is InChI=1S/C21H33NO3/c1-15(2)19-10-9-16(3)13-21(19,25)20(24)22-14-18(11-12-23)17-7-5-4-6-8-17/h4-8,15-16,18-19,23,25H,9-14H2,1-3H3,(H,22,24)/t16?,18?,19?,21-/m1/s1. The van der Waals surface area contributed by atoms with Gasteiger partial charge >= 0.3 is 0 Å². The molecule has 1 aromatic rings. The molecule has 4 nitrogen and oxygen atoms in total. The molecule has 0 spiro atoms. The zero-order chi connectivity index (χ0) is 18.4. The first-order valence-electron chi connectivity index (χ1n) is 9.55. The first kappa shape index (κ1) is 19.9. The molecule has 25 heavy (non-hydrogen) atoms. The second-order valence-electron chi connectivity index (χ2n) is 7.99. The number of rotatable bonds is 7. The maximum absolute atomic E-state index is 12.9. The Morgan fingerprint density at radius 3 is 2.56 bits per heavy atom. The number of nitrogens with one attached hydrogen (secondary N) is 1. The molecule has 1 aliphatic rings. The van der Waals surface area contributed by atoms with Crippen LogP contribution < -0.4 is 5.32 Å². The molecular formula is C21H33NO3. The number of amides is 1. The number of carbonyl (C=O) groups is 1. The Kier molecular flexibility index (Phi) is 7.03. The first-order valence-corrected chi connectivity index (χ1v) is 9.55. The summed E-state index contributed by atoms with van der Waals surface area (Å²) < 4.78 is 0. The summed E-state index contributed by atoms with van der Waals surface area (Å²) in [6.45, 7) is 6.78. The minimum atomic E-state index is -1.29. The van der Waals surface area contributed by atoms with Gasteiger partial charge in [-0.1, -0.05) is 57.5 Å². The van der Waals surface area contributed by atoms with Gasteiger partial charge in [-0.25, -0.2) is 0 Å². The van der Waals surface area contributed by atoms with Gasteiger partial charge in [0.05, 0.1) is 0 Å². The molecule has 1 aromatic carbocycles. The van der Waals surface area contributed by atoms with E-state index in [1.165, 1.54) is 0 Å². The molecule has 140 valence electrons. The number of aliphatic hydroxyl groups excluding tert-OH is 1. The van der Waals surface area contributed by atoms with Gasteiger partial charge in [0.15, 0.2) is 0 Å². The molecule has 1 saturated carbocycles. The topological polar surface area (TPSA) is 69.6 Å². The fourth-order valence-corrected chi connectivity index (χ4v) is 4.27. The summed E-state index contributed by atoms with van der Waals surface area (Å²) in [6.07, 6.45) is 3.07. The van der Waals surface area contributed by atoms with Crippen molar-refractivity contribution in [3.05, 3.63) is 35.9 Å². The maximum atomic E-state index is 12.9. The van der Waals surface area contributed by atoms with Crippen molar-refractivity contribution in [1.29, 1.82) is 0 Å². The highest BCUT2D eigenvalue weighted by molar-refractivity contribution is 5.85. The van der Waals surface area contributed by atoms with Crippen LogP contribution >= 0.6 is 0 Å². The summed E-state index contributed by atoms with van der Waals surface area (Å²) in [7, 11) is 0. The van der Waals surface area contributed by atoms with Crippen LogP contribution in [0.15, 0.2) is 30.3 Å². The van der Waals surface area contributed by atoms with Crippen molar-refractivity contribution in [2.45, 2.75) is 58.0 Å². The van der Waals surface area contributed by atoms with E-state index in [1.807, 2.05) is 30.3 Å².